The molecule has 2 N–H and O–H groups in total. The van der Waals surface area contributed by atoms with E-state index in [1.165, 1.54) is 0 Å². The minimum Gasteiger partial charge on any atom is -0.450 e. The summed E-state index contributed by atoms with van der Waals surface area (Å²) in [4.78, 5) is 22.2. The number of alkyl halides is 1. The van der Waals surface area contributed by atoms with Crippen LogP contribution >= 0.6 is 30.1 Å². The van der Waals surface area contributed by atoms with Crippen LogP contribution in [0.1, 0.15) is 10.4 Å². The standard InChI is InChI=1S/C19H20ClFN4O3P2/c20-14-9-11(1-2-15(14)28-19(21,29)30)24-17-12-3-4-22-16(12)13(10-23-17)18(26)25-5-7-27-8-6-25/h1-4,9-10,22H,5-8,29-30H2,(H,23,24). The molecule has 4 rings (SSSR count). The van der Waals surface area contributed by atoms with Crippen LogP contribution in [-0.4, -0.2) is 52.4 Å². The summed E-state index contributed by atoms with van der Waals surface area (Å²) in [6.45, 7) is 2.18. The van der Waals surface area contributed by atoms with Crippen molar-refractivity contribution in [2.75, 3.05) is 31.6 Å². The second kappa shape index (κ2) is 8.64. The van der Waals surface area contributed by atoms with Crippen LogP contribution in [-0.2, 0) is 4.74 Å². The van der Waals surface area contributed by atoms with Gasteiger partial charge < -0.3 is 24.7 Å². The number of morpholine rings is 1. The molecule has 11 heteroatoms. The van der Waals surface area contributed by atoms with Gasteiger partial charge in [-0.05, 0) is 42.7 Å². The van der Waals surface area contributed by atoms with Gasteiger partial charge >= 0.3 is 0 Å². The quantitative estimate of drug-likeness (QED) is 0.550. The largest absolute Gasteiger partial charge is 0.450 e. The number of amides is 1. The van der Waals surface area contributed by atoms with Crippen molar-refractivity contribution in [1.29, 1.82) is 0 Å². The number of ether oxygens (including phenoxy) is 2. The molecule has 1 aromatic carbocycles. The van der Waals surface area contributed by atoms with Gasteiger partial charge in [0.05, 0.1) is 29.3 Å². The Labute approximate surface area is 182 Å². The molecule has 2 aromatic heterocycles. The minimum absolute atomic E-state index is 0.0843. The smallest absolute Gasteiger partial charge is 0.270 e. The Morgan fingerprint density at radius 3 is 2.80 bits per heavy atom. The molecule has 0 radical (unpaired) electrons. The number of benzene rings is 1. The van der Waals surface area contributed by atoms with E-state index >= 15 is 0 Å². The van der Waals surface area contributed by atoms with Crippen molar-refractivity contribution in [2.45, 2.75) is 5.34 Å². The average Bonchev–Trinajstić information content (AvgIpc) is 3.20. The summed E-state index contributed by atoms with van der Waals surface area (Å²) in [7, 11) is 3.85. The molecule has 0 spiro atoms. The van der Waals surface area contributed by atoms with E-state index in [-0.39, 0.29) is 16.7 Å². The first kappa shape index (κ1) is 21.3. The number of H-pyrrole nitrogens is 1. The highest BCUT2D eigenvalue weighted by Crippen LogP contribution is 2.37. The fourth-order valence-electron chi connectivity index (χ4n) is 3.22. The van der Waals surface area contributed by atoms with Gasteiger partial charge in [0.15, 0.2) is 0 Å². The first-order valence-electron chi connectivity index (χ1n) is 9.17. The highest BCUT2D eigenvalue weighted by molar-refractivity contribution is 7.38. The van der Waals surface area contributed by atoms with Crippen molar-refractivity contribution >= 4 is 58.4 Å². The van der Waals surface area contributed by atoms with Crippen LogP contribution in [0.3, 0.4) is 0 Å². The lowest BCUT2D eigenvalue weighted by molar-refractivity contribution is 0.0304. The zero-order valence-corrected chi connectivity index (χ0v) is 18.9. The number of fused-ring (bicyclic) bond motifs is 1. The molecular weight excluding hydrogens is 449 g/mol. The number of aromatic nitrogens is 2. The van der Waals surface area contributed by atoms with Crippen LogP contribution in [0.25, 0.3) is 10.9 Å². The molecule has 0 saturated carbocycles. The number of nitrogens with one attached hydrogen (secondary N) is 2. The number of hydrogen-bond donors (Lipinski definition) is 2. The third kappa shape index (κ3) is 4.68. The molecule has 7 nitrogen and oxygen atoms in total. The van der Waals surface area contributed by atoms with Gasteiger partial charge in [-0.15, -0.1) is 0 Å². The maximum absolute atomic E-state index is 13.7. The van der Waals surface area contributed by atoms with E-state index in [0.717, 1.165) is 5.39 Å². The molecule has 3 heterocycles. The minimum atomic E-state index is -2.00. The Morgan fingerprint density at radius 2 is 2.10 bits per heavy atom. The molecule has 158 valence electrons. The predicted octanol–water partition coefficient (Wildman–Crippen LogP) is 4.14. The van der Waals surface area contributed by atoms with Gasteiger partial charge in [-0.3, -0.25) is 4.79 Å². The van der Waals surface area contributed by atoms with E-state index < -0.39 is 5.34 Å². The summed E-state index contributed by atoms with van der Waals surface area (Å²) in [6.07, 6.45) is 3.31. The van der Waals surface area contributed by atoms with Crippen molar-refractivity contribution in [1.82, 2.24) is 14.9 Å². The van der Waals surface area contributed by atoms with Crippen LogP contribution in [0, 0.1) is 0 Å². The Balaban J connectivity index is 1.59. The topological polar surface area (TPSA) is 79.5 Å². The van der Waals surface area contributed by atoms with Crippen molar-refractivity contribution in [3.63, 3.8) is 0 Å². The number of hydrogen-bond acceptors (Lipinski definition) is 5. The first-order valence-corrected chi connectivity index (χ1v) is 10.7. The summed E-state index contributed by atoms with van der Waals surface area (Å²) >= 11 is 6.21. The maximum Gasteiger partial charge on any atom is 0.270 e. The number of nitrogens with zero attached hydrogens (tertiary/aromatic N) is 2. The second-order valence-corrected chi connectivity index (χ2v) is 9.41. The van der Waals surface area contributed by atoms with E-state index in [1.807, 2.05) is 24.5 Å². The van der Waals surface area contributed by atoms with Gasteiger partial charge in [-0.1, -0.05) is 11.6 Å². The SMILES string of the molecule is O=C(c1cnc(Nc2ccc(OC(F)(P)P)c(Cl)c2)c2cc[nH]c12)N1CCOCC1. The number of aromatic amines is 1. The molecule has 1 saturated heterocycles. The Bertz CT molecular complexity index is 1080. The normalized spacial score (nSPS) is 14.7. The number of anilines is 2. The van der Waals surface area contributed by atoms with Crippen molar-refractivity contribution < 1.29 is 18.7 Å². The second-order valence-electron chi connectivity index (χ2n) is 6.76. The molecule has 2 unspecified atom stereocenters. The molecule has 3 aromatic rings. The predicted molar refractivity (Wildman–Crippen MR) is 121 cm³/mol. The molecule has 30 heavy (non-hydrogen) atoms. The highest BCUT2D eigenvalue weighted by atomic mass is 35.5. The summed E-state index contributed by atoms with van der Waals surface area (Å²) in [5.74, 6) is 0.686. The maximum atomic E-state index is 13.7. The van der Waals surface area contributed by atoms with E-state index in [2.05, 4.69) is 15.3 Å². The van der Waals surface area contributed by atoms with Crippen LogP contribution in [0.4, 0.5) is 15.9 Å². The fourth-order valence-corrected chi connectivity index (χ4v) is 3.69. The van der Waals surface area contributed by atoms with Crippen LogP contribution in [0.2, 0.25) is 5.02 Å². The molecule has 2 atom stereocenters. The van der Waals surface area contributed by atoms with Crippen molar-refractivity contribution in [2.24, 2.45) is 0 Å². The monoisotopic (exact) mass is 468 g/mol. The van der Waals surface area contributed by atoms with E-state index in [9.17, 15) is 9.18 Å². The van der Waals surface area contributed by atoms with Gasteiger partial charge in [-0.25, -0.2) is 4.98 Å². The highest BCUT2D eigenvalue weighted by Gasteiger charge is 2.23. The van der Waals surface area contributed by atoms with Gasteiger partial charge in [0.25, 0.3) is 11.2 Å². The summed E-state index contributed by atoms with van der Waals surface area (Å²) in [6, 6.07) is 6.73. The molecule has 1 fully saturated rings. The number of carbonyl (C=O) groups is 1. The number of rotatable bonds is 5. The van der Waals surface area contributed by atoms with Gasteiger partial charge in [0.1, 0.15) is 11.6 Å². The fraction of sp³-hybridized carbons (Fsp3) is 0.263. The van der Waals surface area contributed by atoms with Crippen molar-refractivity contribution in [3.05, 3.63) is 47.2 Å². The van der Waals surface area contributed by atoms with Gasteiger partial charge in [0, 0.05) is 36.6 Å². The van der Waals surface area contributed by atoms with E-state index in [1.54, 1.807) is 35.5 Å². The van der Waals surface area contributed by atoms with Gasteiger partial charge in [-0.2, -0.15) is 4.39 Å². The zero-order chi connectivity index (χ0) is 21.3. The van der Waals surface area contributed by atoms with E-state index in [0.29, 0.717) is 48.9 Å². The van der Waals surface area contributed by atoms with Crippen LogP contribution in [0.5, 0.6) is 5.75 Å². The lowest BCUT2D eigenvalue weighted by atomic mass is 10.1. The van der Waals surface area contributed by atoms with E-state index in [4.69, 9.17) is 21.1 Å². The molecule has 1 aliphatic rings. The third-order valence-corrected chi connectivity index (χ3v) is 5.11. The lowest BCUT2D eigenvalue weighted by Crippen LogP contribution is -2.40. The molecule has 0 bridgehead atoms. The average molecular weight is 469 g/mol. The Hall–Kier alpha value is -1.98. The Morgan fingerprint density at radius 1 is 1.33 bits per heavy atom. The van der Waals surface area contributed by atoms with Gasteiger partial charge in [0.2, 0.25) is 0 Å². The molecule has 1 amide bonds. The Kier molecular flexibility index (Phi) is 6.12. The summed E-state index contributed by atoms with van der Waals surface area (Å²) in [5, 5.41) is 2.20. The zero-order valence-electron chi connectivity index (χ0n) is 15.8. The summed E-state index contributed by atoms with van der Waals surface area (Å²) in [5.41, 5.74) is 1.85. The summed E-state index contributed by atoms with van der Waals surface area (Å²) < 4.78 is 24.1. The molecule has 0 aliphatic carbocycles. The number of carbonyl (C=O) groups excluding carboxylic acids is 1. The molecular formula is C19H20ClFN4O3P2. The third-order valence-electron chi connectivity index (χ3n) is 4.58. The molecule has 1 aliphatic heterocycles. The lowest BCUT2D eigenvalue weighted by Gasteiger charge is -2.27. The number of pyridine rings is 1. The van der Waals surface area contributed by atoms with Crippen LogP contribution < -0.4 is 10.1 Å². The number of halogens is 2. The van der Waals surface area contributed by atoms with Crippen LogP contribution in [0.15, 0.2) is 36.7 Å². The first-order chi connectivity index (χ1) is 14.3. The van der Waals surface area contributed by atoms with Crippen molar-refractivity contribution in [3.8, 4) is 5.75 Å².